The average Bonchev–Trinajstić information content (AvgIpc) is 2.35. The quantitative estimate of drug-likeness (QED) is 0.712. The van der Waals surface area contributed by atoms with Crippen molar-refractivity contribution >= 4 is 0 Å². The molecule has 2 rings (SSSR count). The van der Waals surface area contributed by atoms with Crippen molar-refractivity contribution in [2.75, 3.05) is 33.2 Å². The third-order valence-corrected chi connectivity index (χ3v) is 3.23. The number of hydrogen-bond donors (Lipinski definition) is 0. The summed E-state index contributed by atoms with van der Waals surface area (Å²) in [7, 11) is 2.19. The highest BCUT2D eigenvalue weighted by Crippen LogP contribution is 2.09. The molecule has 0 amide bonds. The van der Waals surface area contributed by atoms with Gasteiger partial charge in [-0.25, -0.2) is 0 Å². The van der Waals surface area contributed by atoms with Crippen molar-refractivity contribution in [2.24, 2.45) is 0 Å². The lowest BCUT2D eigenvalue weighted by atomic mass is 10.1. The summed E-state index contributed by atoms with van der Waals surface area (Å²) in [5, 5.41) is 0. The molecule has 0 atom stereocenters. The van der Waals surface area contributed by atoms with E-state index in [0.717, 1.165) is 12.1 Å². The molecule has 2 nitrogen and oxygen atoms in total. The number of benzene rings is 1. The zero-order valence-electron chi connectivity index (χ0n) is 10.7. The van der Waals surface area contributed by atoms with Gasteiger partial charge in [0.1, 0.15) is 0 Å². The molecule has 90 valence electrons. The molecule has 1 aliphatic rings. The Hall–Kier alpha value is -1.30. The first kappa shape index (κ1) is 12.2. The van der Waals surface area contributed by atoms with Gasteiger partial charge in [0, 0.05) is 38.3 Å². The van der Waals surface area contributed by atoms with Crippen LogP contribution in [-0.2, 0) is 6.54 Å². The first-order valence-corrected chi connectivity index (χ1v) is 6.20. The van der Waals surface area contributed by atoms with E-state index in [2.05, 4.69) is 53.0 Å². The standard InChI is InChI=1S/C15H20N2/c1-3-4-14-5-7-15(8-6-14)13-17-11-9-16(2)10-12-17/h5-8H,9-13H2,1-2H3. The largest absolute Gasteiger partial charge is 0.304 e. The maximum Gasteiger partial charge on any atom is 0.0245 e. The molecule has 0 aliphatic carbocycles. The van der Waals surface area contributed by atoms with Gasteiger partial charge in [-0.1, -0.05) is 18.1 Å². The van der Waals surface area contributed by atoms with E-state index in [-0.39, 0.29) is 0 Å². The van der Waals surface area contributed by atoms with Crippen LogP contribution in [0.1, 0.15) is 18.1 Å². The summed E-state index contributed by atoms with van der Waals surface area (Å²) in [6.07, 6.45) is 0. The Morgan fingerprint density at radius 3 is 2.29 bits per heavy atom. The average molecular weight is 228 g/mol. The van der Waals surface area contributed by atoms with E-state index >= 15 is 0 Å². The fourth-order valence-electron chi connectivity index (χ4n) is 2.10. The Morgan fingerprint density at radius 1 is 1.06 bits per heavy atom. The highest BCUT2D eigenvalue weighted by molar-refractivity contribution is 5.35. The molecular weight excluding hydrogens is 208 g/mol. The zero-order chi connectivity index (χ0) is 12.1. The molecule has 0 unspecified atom stereocenters. The highest BCUT2D eigenvalue weighted by Gasteiger charge is 2.13. The SMILES string of the molecule is CC#Cc1ccc(CN2CCN(C)CC2)cc1. The molecule has 0 bridgehead atoms. The molecule has 1 fully saturated rings. The van der Waals surface area contributed by atoms with Crippen LogP contribution in [0.3, 0.4) is 0 Å². The van der Waals surface area contributed by atoms with Crippen LogP contribution in [0.25, 0.3) is 0 Å². The monoisotopic (exact) mass is 228 g/mol. The van der Waals surface area contributed by atoms with Gasteiger partial charge >= 0.3 is 0 Å². The summed E-state index contributed by atoms with van der Waals surface area (Å²) in [4.78, 5) is 4.90. The second kappa shape index (κ2) is 5.86. The lowest BCUT2D eigenvalue weighted by Gasteiger charge is -2.32. The van der Waals surface area contributed by atoms with Gasteiger partial charge in [0.15, 0.2) is 0 Å². The van der Waals surface area contributed by atoms with Gasteiger partial charge in [0.25, 0.3) is 0 Å². The van der Waals surface area contributed by atoms with Crippen LogP contribution in [0, 0.1) is 11.8 Å². The minimum absolute atomic E-state index is 1.06. The summed E-state index contributed by atoms with van der Waals surface area (Å²) < 4.78 is 0. The maximum absolute atomic E-state index is 3.07. The third-order valence-electron chi connectivity index (χ3n) is 3.23. The predicted molar refractivity (Wildman–Crippen MR) is 71.8 cm³/mol. The molecular formula is C15H20N2. The smallest absolute Gasteiger partial charge is 0.0245 e. The van der Waals surface area contributed by atoms with Crippen molar-refractivity contribution < 1.29 is 0 Å². The van der Waals surface area contributed by atoms with Crippen LogP contribution in [0.15, 0.2) is 24.3 Å². The molecule has 0 spiro atoms. The Bertz CT molecular complexity index is 403. The van der Waals surface area contributed by atoms with Crippen molar-refractivity contribution in [2.45, 2.75) is 13.5 Å². The van der Waals surface area contributed by atoms with Crippen LogP contribution in [0.2, 0.25) is 0 Å². The summed E-state index contributed by atoms with van der Waals surface area (Å²) in [5.41, 5.74) is 2.49. The van der Waals surface area contributed by atoms with E-state index in [1.807, 2.05) is 6.92 Å². The molecule has 0 radical (unpaired) electrons. The topological polar surface area (TPSA) is 6.48 Å². The minimum Gasteiger partial charge on any atom is -0.304 e. The summed E-state index contributed by atoms with van der Waals surface area (Å²) in [6, 6.07) is 8.61. The van der Waals surface area contributed by atoms with Crippen molar-refractivity contribution in [1.82, 2.24) is 9.80 Å². The fourth-order valence-corrected chi connectivity index (χ4v) is 2.10. The van der Waals surface area contributed by atoms with Crippen LogP contribution < -0.4 is 0 Å². The van der Waals surface area contributed by atoms with Crippen molar-refractivity contribution in [1.29, 1.82) is 0 Å². The summed E-state index contributed by atoms with van der Waals surface area (Å²) in [5.74, 6) is 6.00. The molecule has 1 aromatic rings. The molecule has 2 heteroatoms. The number of piperazine rings is 1. The Labute approximate surface area is 104 Å². The minimum atomic E-state index is 1.06. The molecule has 1 aliphatic heterocycles. The predicted octanol–water partition coefficient (Wildman–Crippen LogP) is 1.81. The van der Waals surface area contributed by atoms with E-state index in [1.165, 1.54) is 31.7 Å². The Morgan fingerprint density at radius 2 is 1.71 bits per heavy atom. The van der Waals surface area contributed by atoms with Crippen molar-refractivity contribution in [3.63, 3.8) is 0 Å². The summed E-state index contributed by atoms with van der Waals surface area (Å²) >= 11 is 0. The van der Waals surface area contributed by atoms with Crippen LogP contribution >= 0.6 is 0 Å². The highest BCUT2D eigenvalue weighted by atomic mass is 15.2. The number of hydrogen-bond acceptors (Lipinski definition) is 2. The number of rotatable bonds is 2. The molecule has 1 saturated heterocycles. The first-order valence-electron chi connectivity index (χ1n) is 6.20. The summed E-state index contributed by atoms with van der Waals surface area (Å²) in [6.45, 7) is 7.64. The number of nitrogens with zero attached hydrogens (tertiary/aromatic N) is 2. The fraction of sp³-hybridized carbons (Fsp3) is 0.467. The third kappa shape index (κ3) is 3.59. The number of likely N-dealkylation sites (N-methyl/N-ethyl adjacent to an activating group) is 1. The van der Waals surface area contributed by atoms with Crippen LogP contribution in [0.5, 0.6) is 0 Å². The second-order valence-corrected chi connectivity index (χ2v) is 4.65. The van der Waals surface area contributed by atoms with Gasteiger partial charge in [0.05, 0.1) is 0 Å². The Kier molecular flexibility index (Phi) is 4.19. The van der Waals surface area contributed by atoms with Crippen LogP contribution in [0.4, 0.5) is 0 Å². The van der Waals surface area contributed by atoms with Crippen molar-refractivity contribution in [3.8, 4) is 11.8 Å². The van der Waals surface area contributed by atoms with Gasteiger partial charge in [-0.3, -0.25) is 4.90 Å². The molecule has 17 heavy (non-hydrogen) atoms. The van der Waals surface area contributed by atoms with Gasteiger partial charge in [-0.2, -0.15) is 0 Å². The molecule has 0 saturated carbocycles. The van der Waals surface area contributed by atoms with Crippen molar-refractivity contribution in [3.05, 3.63) is 35.4 Å². The van der Waals surface area contributed by atoms with Gasteiger partial charge < -0.3 is 4.90 Å². The lowest BCUT2D eigenvalue weighted by Crippen LogP contribution is -2.43. The van der Waals surface area contributed by atoms with Gasteiger partial charge in [-0.05, 0) is 31.7 Å². The maximum atomic E-state index is 3.07. The lowest BCUT2D eigenvalue weighted by molar-refractivity contribution is 0.148. The molecule has 0 N–H and O–H groups in total. The first-order chi connectivity index (χ1) is 8.28. The van der Waals surface area contributed by atoms with E-state index in [0.29, 0.717) is 0 Å². The van der Waals surface area contributed by atoms with Gasteiger partial charge in [0.2, 0.25) is 0 Å². The van der Waals surface area contributed by atoms with E-state index < -0.39 is 0 Å². The molecule has 0 aromatic heterocycles. The zero-order valence-corrected chi connectivity index (χ0v) is 10.7. The van der Waals surface area contributed by atoms with Gasteiger partial charge in [-0.15, -0.1) is 5.92 Å². The van der Waals surface area contributed by atoms with Crippen LogP contribution in [-0.4, -0.2) is 43.0 Å². The van der Waals surface area contributed by atoms with E-state index in [4.69, 9.17) is 0 Å². The van der Waals surface area contributed by atoms with E-state index in [1.54, 1.807) is 0 Å². The normalized spacial score (nSPS) is 17.5. The molecule has 1 heterocycles. The van der Waals surface area contributed by atoms with E-state index in [9.17, 15) is 0 Å². The molecule has 1 aromatic carbocycles. The Balaban J connectivity index is 1.92. The second-order valence-electron chi connectivity index (χ2n) is 4.65.